The van der Waals surface area contributed by atoms with Crippen molar-refractivity contribution in [3.8, 4) is 11.6 Å². The molecule has 3 heterocycles. The first-order valence-electron chi connectivity index (χ1n) is 17.9. The number of ether oxygens (including phenoxy) is 2. The minimum absolute atomic E-state index is 0.0164. The third-order valence-electron chi connectivity index (χ3n) is 10.6. The highest BCUT2D eigenvalue weighted by Crippen LogP contribution is 2.46. The predicted octanol–water partition coefficient (Wildman–Crippen LogP) is 3.53. The molecule has 2 aromatic rings. The second-order valence-corrected chi connectivity index (χ2v) is 16.6. The van der Waals surface area contributed by atoms with Gasteiger partial charge in [0.1, 0.15) is 29.5 Å². The maximum absolute atomic E-state index is 14.4. The van der Waals surface area contributed by atoms with E-state index in [2.05, 4.69) is 25.3 Å². The topological polar surface area (TPSA) is 206 Å². The fourth-order valence-electron chi connectivity index (χ4n) is 7.42. The molecule has 1 aromatic heterocycles. The van der Waals surface area contributed by atoms with Crippen molar-refractivity contribution < 1.29 is 55.3 Å². The number of alkyl halides is 3. The summed E-state index contributed by atoms with van der Waals surface area (Å²) < 4.78 is 81.6. The van der Waals surface area contributed by atoms with Gasteiger partial charge < -0.3 is 30.1 Å². The van der Waals surface area contributed by atoms with Crippen molar-refractivity contribution in [2.24, 2.45) is 17.8 Å². The van der Waals surface area contributed by atoms with Gasteiger partial charge in [-0.1, -0.05) is 32.4 Å². The lowest BCUT2D eigenvalue weighted by molar-refractivity contribution is -0.143. The third kappa shape index (κ3) is 8.19. The standard InChI is InChI=1S/C35H43F3N6O9S/c1-4-19-13-18(2)7-5-6-8-20-16-34(20,32(47)43-54(50,51)23-10-11-23)42-29(45)26-15-22(17-44(26)31(46)27(19)41-33(48)49)53-30-28(35(36,37)38)39-24-12-9-21(52-3)14-25(24)40-30/h6,8-9,12,14,18-20,22-23,26-27,41H,4-5,7,10-11,13,15-17H2,1-3H3,(H,42,45)(H,43,47)(H,48,49)/b8-6-/t18-,19-,20?,22-,26+,27+,34?/m1/s1. The number of hydrogen-bond acceptors (Lipinski definition) is 10. The summed E-state index contributed by atoms with van der Waals surface area (Å²) in [5.41, 5.74) is -3.20. The number of carbonyl (C=O) groups excluding carboxylic acids is 3. The van der Waals surface area contributed by atoms with Gasteiger partial charge in [0.15, 0.2) is 0 Å². The quantitative estimate of drug-likeness (QED) is 0.285. The Balaban J connectivity index is 1.38. The van der Waals surface area contributed by atoms with Crippen LogP contribution >= 0.6 is 0 Å². The van der Waals surface area contributed by atoms with Gasteiger partial charge in [0, 0.05) is 18.4 Å². The number of hydrogen-bond donors (Lipinski definition) is 4. The van der Waals surface area contributed by atoms with Crippen molar-refractivity contribution in [2.75, 3.05) is 13.7 Å². The van der Waals surface area contributed by atoms with Gasteiger partial charge in [-0.3, -0.25) is 19.1 Å². The molecule has 1 saturated heterocycles. The number of methoxy groups -OCH3 is 1. The van der Waals surface area contributed by atoms with Crippen LogP contribution in [-0.2, 0) is 30.6 Å². The second kappa shape index (κ2) is 14.9. The van der Waals surface area contributed by atoms with Crippen LogP contribution in [0.2, 0.25) is 0 Å². The highest BCUT2D eigenvalue weighted by molar-refractivity contribution is 7.91. The van der Waals surface area contributed by atoms with Crippen LogP contribution in [0.4, 0.5) is 18.0 Å². The lowest BCUT2D eigenvalue weighted by Crippen LogP contribution is -2.59. The lowest BCUT2D eigenvalue weighted by atomic mass is 9.85. The van der Waals surface area contributed by atoms with E-state index in [4.69, 9.17) is 9.47 Å². The molecule has 15 nitrogen and oxygen atoms in total. The van der Waals surface area contributed by atoms with Crippen molar-refractivity contribution in [3.63, 3.8) is 0 Å². The monoisotopic (exact) mass is 780 g/mol. The van der Waals surface area contributed by atoms with E-state index in [1.54, 1.807) is 13.0 Å². The van der Waals surface area contributed by atoms with Gasteiger partial charge in [0.25, 0.3) is 5.91 Å². The molecule has 54 heavy (non-hydrogen) atoms. The summed E-state index contributed by atoms with van der Waals surface area (Å²) in [5, 5.41) is 14.1. The molecule has 2 unspecified atom stereocenters. The van der Waals surface area contributed by atoms with Crippen molar-refractivity contribution in [2.45, 2.75) is 100 Å². The molecule has 4 N–H and O–H groups in total. The Morgan fingerprint density at radius 1 is 1.13 bits per heavy atom. The number of nitrogens with one attached hydrogen (secondary N) is 3. The van der Waals surface area contributed by atoms with Crippen LogP contribution in [0.5, 0.6) is 11.6 Å². The number of fused-ring (bicyclic) bond motifs is 3. The molecule has 0 spiro atoms. The molecule has 2 aliphatic heterocycles. The number of sulfonamides is 1. The maximum atomic E-state index is 14.4. The van der Waals surface area contributed by atoms with Crippen molar-refractivity contribution in [1.82, 2.24) is 30.2 Å². The molecule has 294 valence electrons. The number of allylic oxidation sites excluding steroid dienone is 1. The molecule has 0 bridgehead atoms. The fraction of sp³-hybridized carbons (Fsp3) is 0.600. The minimum Gasteiger partial charge on any atom is -0.497 e. The SMILES string of the molecule is CC[C@@H]1C[C@H](C)CC/C=C\C2CC2(C(=O)NS(=O)(=O)C2CC2)NC(=O)[C@@H]2C[C@@H](Oc3nc4cc(OC)ccc4nc3C(F)(F)F)CN2C(=O)[C@H]1NC(=O)O. The van der Waals surface area contributed by atoms with Gasteiger partial charge in [-0.2, -0.15) is 13.2 Å². The van der Waals surface area contributed by atoms with Gasteiger partial charge in [0.2, 0.25) is 33.4 Å². The maximum Gasteiger partial charge on any atom is 0.438 e. The van der Waals surface area contributed by atoms with Gasteiger partial charge in [-0.15, -0.1) is 0 Å². The van der Waals surface area contributed by atoms with Crippen molar-refractivity contribution in [1.29, 1.82) is 0 Å². The molecule has 7 atom stereocenters. The van der Waals surface area contributed by atoms with Crippen LogP contribution in [0.1, 0.15) is 70.9 Å². The number of amides is 4. The molecule has 0 radical (unpaired) electrons. The second-order valence-electron chi connectivity index (χ2n) is 14.6. The molecular formula is C35H43F3N6O9S. The van der Waals surface area contributed by atoms with E-state index in [-0.39, 0.29) is 29.8 Å². The average Bonchev–Trinajstić information content (AvgIpc) is 4.03. The summed E-state index contributed by atoms with van der Waals surface area (Å²) in [7, 11) is -2.64. The van der Waals surface area contributed by atoms with E-state index in [1.165, 1.54) is 25.3 Å². The van der Waals surface area contributed by atoms with E-state index in [0.29, 0.717) is 44.3 Å². The number of carbonyl (C=O) groups is 4. The minimum atomic E-state index is -5.01. The normalized spacial score (nSPS) is 29.9. The van der Waals surface area contributed by atoms with E-state index in [9.17, 15) is 45.9 Å². The zero-order valence-corrected chi connectivity index (χ0v) is 30.7. The number of aromatic nitrogens is 2. The van der Waals surface area contributed by atoms with Crippen molar-refractivity contribution >= 4 is 44.9 Å². The summed E-state index contributed by atoms with van der Waals surface area (Å²) in [5.74, 6) is -4.32. The van der Waals surface area contributed by atoms with Crippen LogP contribution in [0.3, 0.4) is 0 Å². The first-order valence-corrected chi connectivity index (χ1v) is 19.4. The summed E-state index contributed by atoms with van der Waals surface area (Å²) in [6.45, 7) is 3.31. The van der Waals surface area contributed by atoms with Crippen molar-refractivity contribution in [3.05, 3.63) is 36.0 Å². The molecule has 2 aliphatic carbocycles. The molecular weight excluding hydrogens is 737 g/mol. The van der Waals surface area contributed by atoms with Gasteiger partial charge >= 0.3 is 12.3 Å². The molecule has 3 fully saturated rings. The summed E-state index contributed by atoms with van der Waals surface area (Å²) in [6.07, 6.45) is -1.68. The Hall–Kier alpha value is -4.68. The Morgan fingerprint density at radius 3 is 2.52 bits per heavy atom. The van der Waals surface area contributed by atoms with Crippen LogP contribution in [-0.4, -0.2) is 94.8 Å². The van der Waals surface area contributed by atoms with Gasteiger partial charge in [-0.05, 0) is 62.5 Å². The smallest absolute Gasteiger partial charge is 0.438 e. The number of halogens is 3. The van der Waals surface area contributed by atoms with E-state index in [1.807, 2.05) is 13.0 Å². The lowest BCUT2D eigenvalue weighted by Gasteiger charge is -2.33. The number of nitrogens with zero attached hydrogens (tertiary/aromatic N) is 3. The summed E-state index contributed by atoms with van der Waals surface area (Å²) in [4.78, 5) is 63.3. The van der Waals surface area contributed by atoms with Crippen LogP contribution in [0.25, 0.3) is 11.0 Å². The third-order valence-corrected chi connectivity index (χ3v) is 12.5. The van der Waals surface area contributed by atoms with Crippen LogP contribution < -0.4 is 24.8 Å². The highest BCUT2D eigenvalue weighted by Gasteiger charge is 2.62. The predicted molar refractivity (Wildman–Crippen MR) is 186 cm³/mol. The van der Waals surface area contributed by atoms with Gasteiger partial charge in [0.05, 0.1) is 29.9 Å². The highest BCUT2D eigenvalue weighted by atomic mass is 32.2. The number of carboxylic acid groups (broad SMARTS) is 1. The summed E-state index contributed by atoms with van der Waals surface area (Å²) >= 11 is 0. The molecule has 4 aliphatic rings. The first-order chi connectivity index (χ1) is 25.4. The van der Waals surface area contributed by atoms with E-state index >= 15 is 0 Å². The fourth-order valence-corrected chi connectivity index (χ4v) is 8.78. The molecule has 4 amide bonds. The Labute approximate surface area is 309 Å². The largest absolute Gasteiger partial charge is 0.497 e. The first kappa shape index (κ1) is 39.0. The summed E-state index contributed by atoms with van der Waals surface area (Å²) in [6, 6.07) is 1.30. The average molecular weight is 781 g/mol. The number of rotatable bonds is 8. The van der Waals surface area contributed by atoms with E-state index in [0.717, 1.165) is 4.90 Å². The molecule has 6 rings (SSSR count). The Morgan fingerprint density at radius 2 is 1.87 bits per heavy atom. The van der Waals surface area contributed by atoms with Crippen LogP contribution in [0.15, 0.2) is 30.4 Å². The van der Waals surface area contributed by atoms with Gasteiger partial charge in [-0.25, -0.2) is 23.2 Å². The molecule has 19 heteroatoms. The van der Waals surface area contributed by atoms with E-state index < -0.39 is 98.9 Å². The zero-order valence-electron chi connectivity index (χ0n) is 29.9. The Bertz CT molecular complexity index is 1960. The molecule has 2 saturated carbocycles. The molecule has 1 aromatic carbocycles. The number of benzene rings is 1. The van der Waals surface area contributed by atoms with Crippen LogP contribution in [0, 0.1) is 17.8 Å². The zero-order chi connectivity index (χ0) is 39.2. The Kier molecular flexibility index (Phi) is 10.7.